The number of para-hydroxylation sites is 1. The molecule has 7 nitrogen and oxygen atoms in total. The average Bonchev–Trinajstić information content (AvgIpc) is 3.39. The molecule has 1 aromatic carbocycles. The summed E-state index contributed by atoms with van der Waals surface area (Å²) in [6.45, 7) is 10.1. The fourth-order valence-corrected chi connectivity index (χ4v) is 6.19. The monoisotopic (exact) mass is 442 g/mol. The van der Waals surface area contributed by atoms with Crippen LogP contribution in [0.3, 0.4) is 0 Å². The summed E-state index contributed by atoms with van der Waals surface area (Å²) in [5.41, 5.74) is -0.851. The largest absolute Gasteiger partial charge is 0.394 e. The Morgan fingerprint density at radius 2 is 2.09 bits per heavy atom. The minimum Gasteiger partial charge on any atom is -0.394 e. The van der Waals surface area contributed by atoms with Crippen LogP contribution in [0.15, 0.2) is 36.9 Å². The average molecular weight is 443 g/mol. The number of carbonyl (C=O) groups is 2. The molecule has 0 aromatic heterocycles. The number of rotatable bonds is 6. The minimum atomic E-state index is -1.25. The molecule has 4 rings (SSSR count). The second-order valence-corrected chi connectivity index (χ2v) is 9.85. The van der Waals surface area contributed by atoms with Gasteiger partial charge in [-0.15, -0.1) is 6.58 Å². The topological polar surface area (TPSA) is 90.3 Å². The molecule has 2 fully saturated rings. The Bertz CT molecular complexity index is 910. The molecule has 0 radical (unpaired) electrons. The summed E-state index contributed by atoms with van der Waals surface area (Å²) in [5.74, 6) is -1.06. The van der Waals surface area contributed by atoms with E-state index in [0.29, 0.717) is 13.1 Å². The number of fused-ring (bicyclic) bond motifs is 2. The van der Waals surface area contributed by atoms with Gasteiger partial charge in [0, 0.05) is 30.5 Å². The highest BCUT2D eigenvalue weighted by molar-refractivity contribution is 6.07. The maximum Gasteiger partial charge on any atom is 0.264 e. The van der Waals surface area contributed by atoms with Crippen LogP contribution in [0.4, 0.5) is 5.69 Å². The van der Waals surface area contributed by atoms with Gasteiger partial charge in [0.05, 0.1) is 36.5 Å². The van der Waals surface area contributed by atoms with Gasteiger partial charge in [-0.2, -0.15) is 0 Å². The van der Waals surface area contributed by atoms with Crippen molar-refractivity contribution in [2.45, 2.75) is 63.4 Å². The number of likely N-dealkylation sites (tertiary alicyclic amines) is 1. The third-order valence-electron chi connectivity index (χ3n) is 7.49. The molecule has 174 valence electrons. The summed E-state index contributed by atoms with van der Waals surface area (Å²) in [4.78, 5) is 30.4. The number of carbonyl (C=O) groups excluding carboxylic acids is 2. The van der Waals surface area contributed by atoms with Crippen molar-refractivity contribution >= 4 is 17.5 Å². The summed E-state index contributed by atoms with van der Waals surface area (Å²) >= 11 is 0. The molecule has 3 aliphatic rings. The lowest BCUT2D eigenvalue weighted by atomic mass is 9.71. The summed E-state index contributed by atoms with van der Waals surface area (Å²) < 4.78 is 6.58. The molecule has 2 saturated heterocycles. The van der Waals surface area contributed by atoms with Gasteiger partial charge in [-0.25, -0.2) is 0 Å². The van der Waals surface area contributed by atoms with E-state index in [9.17, 15) is 19.8 Å². The van der Waals surface area contributed by atoms with Gasteiger partial charge in [-0.1, -0.05) is 31.2 Å². The highest BCUT2D eigenvalue weighted by Gasteiger charge is 2.65. The van der Waals surface area contributed by atoms with E-state index in [2.05, 4.69) is 6.58 Å². The zero-order valence-corrected chi connectivity index (χ0v) is 19.2. The van der Waals surface area contributed by atoms with Crippen molar-refractivity contribution in [3.63, 3.8) is 0 Å². The maximum atomic E-state index is 13.8. The first-order chi connectivity index (χ1) is 15.2. The van der Waals surface area contributed by atoms with Gasteiger partial charge >= 0.3 is 0 Å². The first-order valence-corrected chi connectivity index (χ1v) is 11.5. The van der Waals surface area contributed by atoms with Gasteiger partial charge in [0.2, 0.25) is 5.91 Å². The molecule has 32 heavy (non-hydrogen) atoms. The predicted octanol–water partition coefficient (Wildman–Crippen LogP) is 2.21. The molecule has 0 bridgehead atoms. The van der Waals surface area contributed by atoms with E-state index in [4.69, 9.17) is 4.74 Å². The van der Waals surface area contributed by atoms with Crippen LogP contribution in [0.25, 0.3) is 0 Å². The van der Waals surface area contributed by atoms with E-state index in [0.717, 1.165) is 24.1 Å². The number of hydrogen-bond donors (Lipinski definition) is 2. The molecular formula is C25H34N2O5. The molecule has 2 N–H and O–H groups in total. The second-order valence-electron chi connectivity index (χ2n) is 9.85. The molecule has 5 atom stereocenters. The van der Waals surface area contributed by atoms with Crippen LogP contribution in [0.1, 0.15) is 45.6 Å². The van der Waals surface area contributed by atoms with Crippen molar-refractivity contribution < 1.29 is 24.5 Å². The van der Waals surface area contributed by atoms with Crippen molar-refractivity contribution in [2.24, 2.45) is 11.8 Å². The Labute approximate surface area is 189 Å². The molecule has 3 aliphatic heterocycles. The summed E-state index contributed by atoms with van der Waals surface area (Å²) in [6, 6.07) is 7.40. The Hall–Kier alpha value is -2.22. The highest BCUT2D eigenvalue weighted by atomic mass is 16.5. The van der Waals surface area contributed by atoms with Gasteiger partial charge in [0.1, 0.15) is 0 Å². The lowest BCUT2D eigenvalue weighted by Gasteiger charge is -2.34. The normalized spacial score (nSPS) is 32.1. The molecule has 0 unspecified atom stereocenters. The molecule has 1 spiro atoms. The zero-order valence-electron chi connectivity index (χ0n) is 19.2. The van der Waals surface area contributed by atoms with Crippen LogP contribution in [0.2, 0.25) is 0 Å². The van der Waals surface area contributed by atoms with Crippen molar-refractivity contribution in [2.75, 3.05) is 24.6 Å². The van der Waals surface area contributed by atoms with E-state index >= 15 is 0 Å². The van der Waals surface area contributed by atoms with Gasteiger partial charge in [0.15, 0.2) is 5.60 Å². The Morgan fingerprint density at radius 1 is 1.38 bits per heavy atom. The smallest absolute Gasteiger partial charge is 0.264 e. The van der Waals surface area contributed by atoms with E-state index in [-0.39, 0.29) is 36.8 Å². The Morgan fingerprint density at radius 3 is 2.75 bits per heavy atom. The molecule has 0 aliphatic carbocycles. The van der Waals surface area contributed by atoms with E-state index < -0.39 is 23.2 Å². The van der Waals surface area contributed by atoms with E-state index in [1.54, 1.807) is 29.7 Å². The zero-order chi connectivity index (χ0) is 23.3. The first kappa shape index (κ1) is 23.0. The Kier molecular flexibility index (Phi) is 5.94. The number of aliphatic hydroxyl groups is 2. The molecule has 7 heteroatoms. The van der Waals surface area contributed by atoms with Crippen molar-refractivity contribution in [3.8, 4) is 0 Å². The highest BCUT2D eigenvalue weighted by Crippen LogP contribution is 2.57. The molecule has 0 saturated carbocycles. The second kappa shape index (κ2) is 8.28. The lowest BCUT2D eigenvalue weighted by molar-refractivity contribution is -0.150. The molecule has 3 heterocycles. The lowest BCUT2D eigenvalue weighted by Crippen LogP contribution is -2.46. The Balaban J connectivity index is 1.72. The van der Waals surface area contributed by atoms with Crippen LogP contribution in [0.5, 0.6) is 0 Å². The summed E-state index contributed by atoms with van der Waals surface area (Å²) in [5, 5.41) is 20.7. The minimum absolute atomic E-state index is 0.0606. The predicted molar refractivity (Wildman–Crippen MR) is 121 cm³/mol. The fourth-order valence-electron chi connectivity index (χ4n) is 6.19. The van der Waals surface area contributed by atoms with Crippen molar-refractivity contribution in [3.05, 3.63) is 42.5 Å². The number of aliphatic hydroxyl groups excluding tert-OH is 1. The number of amides is 2. The van der Waals surface area contributed by atoms with Crippen molar-refractivity contribution in [1.82, 2.24) is 4.90 Å². The maximum absolute atomic E-state index is 13.8. The number of ether oxygens (including phenoxy) is 1. The fraction of sp³-hybridized carbons (Fsp3) is 0.600. The summed E-state index contributed by atoms with van der Waals surface area (Å²) in [6.07, 6.45) is 2.77. The van der Waals surface area contributed by atoms with Crippen LogP contribution >= 0.6 is 0 Å². The SMILES string of the molecule is C=CCN1C(=O)[C@]2(O[C@H](CC(=O)N3CCC[C@H]3CO)[C@@H](C(C)(C)O)[C@@H]2C)c2ccccc21. The number of anilines is 1. The van der Waals surface area contributed by atoms with E-state index in [1.807, 2.05) is 31.2 Å². The standard InChI is InChI=1S/C25H34N2O5/c1-5-12-27-19-11-7-6-10-18(19)25(23(27)30)16(2)22(24(3,4)31)20(32-25)14-21(29)26-13-8-9-17(26)15-28/h5-7,10-11,16-17,20,22,28,31H,1,8-9,12-15H2,2-4H3/t16-,17-,20+,22-,25+/m0/s1. The van der Waals surface area contributed by atoms with Gasteiger partial charge in [-0.3, -0.25) is 9.59 Å². The number of hydrogen-bond acceptors (Lipinski definition) is 5. The van der Waals surface area contributed by atoms with Crippen LogP contribution in [-0.2, 0) is 19.9 Å². The molecular weight excluding hydrogens is 408 g/mol. The van der Waals surface area contributed by atoms with E-state index in [1.165, 1.54) is 0 Å². The van der Waals surface area contributed by atoms with Gasteiger partial charge < -0.3 is 24.7 Å². The van der Waals surface area contributed by atoms with Crippen LogP contribution < -0.4 is 4.90 Å². The van der Waals surface area contributed by atoms with Crippen LogP contribution in [0, 0.1) is 11.8 Å². The first-order valence-electron chi connectivity index (χ1n) is 11.5. The molecule has 1 aromatic rings. The summed E-state index contributed by atoms with van der Waals surface area (Å²) in [7, 11) is 0. The number of nitrogens with zero attached hydrogens (tertiary/aromatic N) is 2. The third-order valence-corrected chi connectivity index (χ3v) is 7.49. The molecule has 2 amide bonds. The van der Waals surface area contributed by atoms with Gasteiger partial charge in [-0.05, 0) is 32.8 Å². The third kappa shape index (κ3) is 3.38. The number of benzene rings is 1. The van der Waals surface area contributed by atoms with Crippen LogP contribution in [-0.4, -0.2) is 64.4 Å². The van der Waals surface area contributed by atoms with Crippen molar-refractivity contribution in [1.29, 1.82) is 0 Å². The van der Waals surface area contributed by atoms with Gasteiger partial charge in [0.25, 0.3) is 5.91 Å². The quantitative estimate of drug-likeness (QED) is 0.660.